The van der Waals surface area contributed by atoms with Crippen molar-refractivity contribution in [3.63, 3.8) is 0 Å². The van der Waals surface area contributed by atoms with E-state index in [0.717, 1.165) is 11.4 Å². The molecule has 3 rings (SSSR count). The Hall–Kier alpha value is -0.530. The summed E-state index contributed by atoms with van der Waals surface area (Å²) in [5.74, 6) is 0. The predicted molar refractivity (Wildman–Crippen MR) is 47.5 cm³/mol. The largest absolute Gasteiger partial charge is 0.364 e. The molecule has 2 aliphatic rings. The normalized spacial score (nSPS) is 29.8. The van der Waals surface area contributed by atoms with Crippen molar-refractivity contribution in [2.24, 2.45) is 0 Å². The van der Waals surface area contributed by atoms with Crippen LogP contribution in [0.1, 0.15) is 22.8 Å². The van der Waals surface area contributed by atoms with Gasteiger partial charge in [0.2, 0.25) is 0 Å². The van der Waals surface area contributed by atoms with E-state index in [-0.39, 0.29) is 0 Å². The lowest BCUT2D eigenvalue weighted by Crippen LogP contribution is -1.92. The highest BCUT2D eigenvalue weighted by molar-refractivity contribution is 6.30. The first-order valence-electron chi connectivity index (χ1n) is 4.20. The number of rotatable bonds is 0. The molecule has 2 atom stereocenters. The van der Waals surface area contributed by atoms with Crippen LogP contribution in [0.4, 0.5) is 0 Å². The van der Waals surface area contributed by atoms with Crippen LogP contribution in [0, 0.1) is 6.92 Å². The van der Waals surface area contributed by atoms with Gasteiger partial charge in [0.05, 0.1) is 6.10 Å². The Morgan fingerprint density at radius 2 is 2.33 bits per heavy atom. The molecule has 1 aliphatic carbocycles. The average Bonchev–Trinajstić information content (AvgIpc) is 2.68. The molecule has 0 radical (unpaired) electrons. The van der Waals surface area contributed by atoms with Crippen molar-refractivity contribution in [1.82, 2.24) is 0 Å². The molecule has 1 aromatic carbocycles. The summed E-state index contributed by atoms with van der Waals surface area (Å²) in [4.78, 5) is 0. The highest BCUT2D eigenvalue weighted by atomic mass is 35.5. The number of epoxide rings is 1. The van der Waals surface area contributed by atoms with Crippen LogP contribution in [0.2, 0.25) is 5.02 Å². The maximum Gasteiger partial charge on any atom is 0.110 e. The zero-order valence-electron chi connectivity index (χ0n) is 6.80. The minimum Gasteiger partial charge on any atom is -0.364 e. The molecule has 12 heavy (non-hydrogen) atoms. The number of halogens is 1. The van der Waals surface area contributed by atoms with Gasteiger partial charge in [-0.15, -0.1) is 0 Å². The molecule has 0 N–H and O–H groups in total. The first kappa shape index (κ1) is 6.93. The molecular weight excluding hydrogens is 172 g/mol. The fourth-order valence-electron chi connectivity index (χ4n) is 2.10. The van der Waals surface area contributed by atoms with Crippen LogP contribution in [-0.2, 0) is 11.2 Å². The van der Waals surface area contributed by atoms with E-state index in [4.69, 9.17) is 16.3 Å². The van der Waals surface area contributed by atoms with Crippen LogP contribution >= 0.6 is 11.6 Å². The smallest absolute Gasteiger partial charge is 0.110 e. The van der Waals surface area contributed by atoms with E-state index < -0.39 is 0 Å². The fraction of sp³-hybridized carbons (Fsp3) is 0.400. The minimum absolute atomic E-state index is 0.373. The molecule has 2 heteroatoms. The van der Waals surface area contributed by atoms with Crippen LogP contribution in [0.15, 0.2) is 12.1 Å². The summed E-state index contributed by atoms with van der Waals surface area (Å²) in [6.45, 7) is 2.12. The first-order chi connectivity index (χ1) is 5.75. The Kier molecular flexibility index (Phi) is 1.18. The third-order valence-electron chi connectivity index (χ3n) is 2.77. The maximum absolute atomic E-state index is 5.96. The molecular formula is C10H9ClO. The predicted octanol–water partition coefficient (Wildman–Crippen LogP) is 2.64. The molecule has 0 amide bonds. The van der Waals surface area contributed by atoms with Gasteiger partial charge in [0.25, 0.3) is 0 Å². The third-order valence-corrected chi connectivity index (χ3v) is 2.98. The highest BCUT2D eigenvalue weighted by Crippen LogP contribution is 2.50. The van der Waals surface area contributed by atoms with Crippen LogP contribution in [-0.4, -0.2) is 6.10 Å². The summed E-state index contributed by atoms with van der Waals surface area (Å²) >= 11 is 5.96. The van der Waals surface area contributed by atoms with Gasteiger partial charge in [-0.05, 0) is 35.7 Å². The molecule has 1 heterocycles. The molecule has 0 aromatic heterocycles. The summed E-state index contributed by atoms with van der Waals surface area (Å²) in [5, 5.41) is 0.836. The number of hydrogen-bond acceptors (Lipinski definition) is 1. The van der Waals surface area contributed by atoms with Crippen molar-refractivity contribution in [3.05, 3.63) is 33.8 Å². The van der Waals surface area contributed by atoms with Crippen molar-refractivity contribution < 1.29 is 4.74 Å². The molecule has 62 valence electrons. The van der Waals surface area contributed by atoms with Crippen molar-refractivity contribution in [2.45, 2.75) is 25.6 Å². The second-order valence-electron chi connectivity index (χ2n) is 3.59. The lowest BCUT2D eigenvalue weighted by molar-refractivity contribution is 0.360. The topological polar surface area (TPSA) is 12.5 Å². The summed E-state index contributed by atoms with van der Waals surface area (Å²) in [7, 11) is 0. The number of hydrogen-bond donors (Lipinski definition) is 0. The van der Waals surface area contributed by atoms with Gasteiger partial charge in [0, 0.05) is 11.4 Å². The molecule has 1 nitrogen and oxygen atoms in total. The van der Waals surface area contributed by atoms with E-state index in [2.05, 4.69) is 6.92 Å². The molecule has 1 aromatic rings. The van der Waals surface area contributed by atoms with Gasteiger partial charge in [0.15, 0.2) is 0 Å². The summed E-state index contributed by atoms with van der Waals surface area (Å²) in [6, 6.07) is 4.08. The second-order valence-corrected chi connectivity index (χ2v) is 4.03. The lowest BCUT2D eigenvalue weighted by atomic mass is 10.0. The average molecular weight is 181 g/mol. The summed E-state index contributed by atoms with van der Waals surface area (Å²) in [5.41, 5.74) is 4.10. The van der Waals surface area contributed by atoms with Gasteiger partial charge >= 0.3 is 0 Å². The summed E-state index contributed by atoms with van der Waals surface area (Å²) in [6.07, 6.45) is 1.93. The maximum atomic E-state index is 5.96. The Balaban J connectivity index is 2.24. The number of benzene rings is 1. The Labute approximate surface area is 76.3 Å². The molecule has 1 fully saturated rings. The van der Waals surface area contributed by atoms with Gasteiger partial charge < -0.3 is 4.74 Å². The van der Waals surface area contributed by atoms with Gasteiger partial charge in [-0.2, -0.15) is 0 Å². The van der Waals surface area contributed by atoms with E-state index >= 15 is 0 Å². The van der Waals surface area contributed by atoms with E-state index in [1.807, 2.05) is 12.1 Å². The van der Waals surface area contributed by atoms with Crippen LogP contribution < -0.4 is 0 Å². The van der Waals surface area contributed by atoms with Crippen LogP contribution in [0.5, 0.6) is 0 Å². The van der Waals surface area contributed by atoms with E-state index in [9.17, 15) is 0 Å². The molecule has 1 saturated heterocycles. The van der Waals surface area contributed by atoms with Gasteiger partial charge in [-0.3, -0.25) is 0 Å². The van der Waals surface area contributed by atoms with Crippen molar-refractivity contribution in [1.29, 1.82) is 0 Å². The number of fused-ring (bicyclic) bond motifs is 3. The Morgan fingerprint density at radius 1 is 1.50 bits per heavy atom. The van der Waals surface area contributed by atoms with Crippen LogP contribution in [0.3, 0.4) is 0 Å². The summed E-state index contributed by atoms with van der Waals surface area (Å²) < 4.78 is 5.43. The quantitative estimate of drug-likeness (QED) is 0.560. The van der Waals surface area contributed by atoms with Gasteiger partial charge in [0.1, 0.15) is 6.10 Å². The highest BCUT2D eigenvalue weighted by Gasteiger charge is 2.47. The zero-order chi connectivity index (χ0) is 8.29. The van der Waals surface area contributed by atoms with Crippen molar-refractivity contribution in [2.75, 3.05) is 0 Å². The number of aryl methyl sites for hydroxylation is 1. The van der Waals surface area contributed by atoms with Gasteiger partial charge in [-0.1, -0.05) is 11.6 Å². The molecule has 0 unspecified atom stereocenters. The lowest BCUT2D eigenvalue weighted by Gasteiger charge is -2.06. The number of ether oxygens (including phenoxy) is 1. The molecule has 0 spiro atoms. The molecule has 1 aliphatic heterocycles. The van der Waals surface area contributed by atoms with E-state index in [0.29, 0.717) is 12.2 Å². The van der Waals surface area contributed by atoms with Gasteiger partial charge in [-0.25, -0.2) is 0 Å². The van der Waals surface area contributed by atoms with E-state index in [1.54, 1.807) is 0 Å². The third kappa shape index (κ3) is 0.782. The fourth-order valence-corrected chi connectivity index (χ4v) is 2.39. The Morgan fingerprint density at radius 3 is 3.17 bits per heavy atom. The first-order valence-corrected chi connectivity index (χ1v) is 4.58. The second kappa shape index (κ2) is 2.04. The van der Waals surface area contributed by atoms with Crippen LogP contribution in [0.25, 0.3) is 0 Å². The van der Waals surface area contributed by atoms with E-state index in [1.165, 1.54) is 16.7 Å². The molecule has 0 bridgehead atoms. The van der Waals surface area contributed by atoms with Crippen molar-refractivity contribution in [3.8, 4) is 0 Å². The zero-order valence-corrected chi connectivity index (χ0v) is 7.56. The molecule has 0 saturated carbocycles. The standard InChI is InChI=1S/C10H9ClO/c1-5-2-6(11)3-8-7(5)4-9-10(8)12-9/h2-3,9-10H,4H2,1H3/t9-,10+/m1/s1. The minimum atomic E-state index is 0.373. The van der Waals surface area contributed by atoms with Crippen molar-refractivity contribution >= 4 is 11.6 Å². The Bertz CT molecular complexity index is 359. The monoisotopic (exact) mass is 180 g/mol. The SMILES string of the molecule is Cc1cc(Cl)cc2c1C[C@H]1O[C@@H]21.